The van der Waals surface area contributed by atoms with Crippen LogP contribution in [0.15, 0.2) is 24.5 Å². The SMILES string of the molecule is CCC1C(=O)N(C)c2cnc(Nc3ncc(OC(=O)OC)cc3OC)cc2N1C1CCCC1. The third-order valence-electron chi connectivity index (χ3n) is 6.22. The van der Waals surface area contributed by atoms with E-state index in [2.05, 4.69) is 31.8 Å². The summed E-state index contributed by atoms with van der Waals surface area (Å²) < 4.78 is 14.9. The van der Waals surface area contributed by atoms with E-state index < -0.39 is 6.16 Å². The van der Waals surface area contributed by atoms with E-state index in [9.17, 15) is 9.59 Å². The average Bonchev–Trinajstić information content (AvgIpc) is 3.36. The van der Waals surface area contributed by atoms with Gasteiger partial charge in [0.25, 0.3) is 0 Å². The Hall–Kier alpha value is -3.56. The zero-order valence-electron chi connectivity index (χ0n) is 19.3. The maximum atomic E-state index is 13.0. The van der Waals surface area contributed by atoms with Crippen molar-refractivity contribution in [2.24, 2.45) is 0 Å². The van der Waals surface area contributed by atoms with Crippen molar-refractivity contribution in [3.05, 3.63) is 24.5 Å². The highest BCUT2D eigenvalue weighted by Crippen LogP contribution is 2.42. The molecule has 2 aliphatic rings. The van der Waals surface area contributed by atoms with Gasteiger partial charge < -0.3 is 29.3 Å². The van der Waals surface area contributed by atoms with Gasteiger partial charge in [-0.1, -0.05) is 19.8 Å². The van der Waals surface area contributed by atoms with Gasteiger partial charge in [0.1, 0.15) is 11.9 Å². The molecule has 1 aliphatic heterocycles. The third kappa shape index (κ3) is 4.37. The smallest absolute Gasteiger partial charge is 0.493 e. The summed E-state index contributed by atoms with van der Waals surface area (Å²) in [6, 6.07) is 3.64. The molecule has 0 radical (unpaired) electrons. The lowest BCUT2D eigenvalue weighted by molar-refractivity contribution is -0.120. The van der Waals surface area contributed by atoms with E-state index >= 15 is 0 Å². The number of pyridine rings is 2. The Labute approximate surface area is 192 Å². The minimum Gasteiger partial charge on any atom is -0.493 e. The van der Waals surface area contributed by atoms with Gasteiger partial charge in [-0.25, -0.2) is 14.8 Å². The molecule has 4 rings (SSSR count). The summed E-state index contributed by atoms with van der Waals surface area (Å²) in [5, 5.41) is 3.19. The molecule has 1 unspecified atom stereocenters. The van der Waals surface area contributed by atoms with Crippen LogP contribution in [-0.2, 0) is 9.53 Å². The third-order valence-corrected chi connectivity index (χ3v) is 6.22. The number of hydrogen-bond donors (Lipinski definition) is 1. The summed E-state index contributed by atoms with van der Waals surface area (Å²) in [5.74, 6) is 1.66. The predicted molar refractivity (Wildman–Crippen MR) is 124 cm³/mol. The van der Waals surface area contributed by atoms with E-state index in [4.69, 9.17) is 9.47 Å². The van der Waals surface area contributed by atoms with Crippen molar-refractivity contribution in [1.29, 1.82) is 0 Å². The van der Waals surface area contributed by atoms with Crippen LogP contribution in [0.25, 0.3) is 0 Å². The van der Waals surface area contributed by atoms with E-state index in [1.54, 1.807) is 18.1 Å². The van der Waals surface area contributed by atoms with E-state index in [1.807, 2.05) is 6.07 Å². The van der Waals surface area contributed by atoms with Crippen molar-refractivity contribution in [3.63, 3.8) is 0 Å². The van der Waals surface area contributed by atoms with Crippen molar-refractivity contribution in [2.45, 2.75) is 51.1 Å². The van der Waals surface area contributed by atoms with Crippen molar-refractivity contribution >= 4 is 35.1 Å². The number of methoxy groups -OCH3 is 2. The van der Waals surface area contributed by atoms with Crippen molar-refractivity contribution in [3.8, 4) is 11.5 Å². The standard InChI is InChI=1S/C23H29N5O5/c1-5-16-22(29)27(2)18-13-24-20(11-17(18)28(16)14-8-6-7-9-14)26-21-19(31-3)10-15(12-25-21)33-23(30)32-4/h10-14,16H,5-9H2,1-4H3,(H,24,25,26). The molecule has 10 nitrogen and oxygen atoms in total. The number of nitrogens with zero attached hydrogens (tertiary/aromatic N) is 4. The zero-order valence-corrected chi connectivity index (χ0v) is 19.3. The fourth-order valence-electron chi connectivity index (χ4n) is 4.60. The van der Waals surface area contributed by atoms with E-state index in [0.717, 1.165) is 30.6 Å². The van der Waals surface area contributed by atoms with Crippen molar-refractivity contribution < 1.29 is 23.8 Å². The zero-order chi connectivity index (χ0) is 23.5. The van der Waals surface area contributed by atoms with Crippen LogP contribution in [0, 0.1) is 0 Å². The molecule has 0 saturated heterocycles. The lowest BCUT2D eigenvalue weighted by Crippen LogP contribution is -2.55. The molecule has 0 spiro atoms. The van der Waals surface area contributed by atoms with E-state index in [1.165, 1.54) is 39.3 Å². The maximum absolute atomic E-state index is 13.0. The summed E-state index contributed by atoms with van der Waals surface area (Å²) in [6.45, 7) is 2.05. The van der Waals surface area contributed by atoms with E-state index in [0.29, 0.717) is 23.4 Å². The second-order valence-corrected chi connectivity index (χ2v) is 8.13. The molecule has 176 valence electrons. The number of aromatic nitrogens is 2. The number of nitrogens with one attached hydrogen (secondary N) is 1. The Bertz CT molecular complexity index is 1040. The molecule has 1 N–H and O–H groups in total. The first-order chi connectivity index (χ1) is 16.0. The highest BCUT2D eigenvalue weighted by Gasteiger charge is 2.40. The van der Waals surface area contributed by atoms with Crippen LogP contribution in [-0.4, -0.2) is 55.4 Å². The van der Waals surface area contributed by atoms with Gasteiger partial charge in [-0.2, -0.15) is 0 Å². The number of hydrogen-bond acceptors (Lipinski definition) is 9. The highest BCUT2D eigenvalue weighted by molar-refractivity contribution is 6.05. The number of likely N-dealkylation sites (N-methyl/N-ethyl adjacent to an activating group) is 1. The van der Waals surface area contributed by atoms with Crippen LogP contribution in [0.3, 0.4) is 0 Å². The molecule has 10 heteroatoms. The number of fused-ring (bicyclic) bond motifs is 1. The molecule has 1 aliphatic carbocycles. The molecule has 1 atom stereocenters. The summed E-state index contributed by atoms with van der Waals surface area (Å²) in [4.78, 5) is 37.2. The average molecular weight is 456 g/mol. The number of anilines is 4. The monoisotopic (exact) mass is 455 g/mol. The number of rotatable bonds is 6. The van der Waals surface area contributed by atoms with E-state index in [-0.39, 0.29) is 17.7 Å². The second-order valence-electron chi connectivity index (χ2n) is 8.13. The van der Waals surface area contributed by atoms with Gasteiger partial charge in [-0.05, 0) is 19.3 Å². The second kappa shape index (κ2) is 9.51. The first kappa shape index (κ1) is 22.6. The fraction of sp³-hybridized carbons (Fsp3) is 0.478. The molecule has 3 heterocycles. The number of ether oxygens (including phenoxy) is 3. The lowest BCUT2D eigenvalue weighted by Gasteiger charge is -2.44. The Morgan fingerprint density at radius 1 is 1.15 bits per heavy atom. The summed E-state index contributed by atoms with van der Waals surface area (Å²) >= 11 is 0. The fourth-order valence-corrected chi connectivity index (χ4v) is 4.60. The number of carbonyl (C=O) groups is 2. The molecule has 2 aromatic heterocycles. The topological polar surface area (TPSA) is 106 Å². The molecule has 2 aromatic rings. The Morgan fingerprint density at radius 3 is 2.58 bits per heavy atom. The molecule has 1 amide bonds. The van der Waals surface area contributed by atoms with Gasteiger partial charge in [-0.15, -0.1) is 0 Å². The number of amides is 1. The largest absolute Gasteiger partial charge is 0.513 e. The predicted octanol–water partition coefficient (Wildman–Crippen LogP) is 3.88. The Kier molecular flexibility index (Phi) is 6.52. The van der Waals surface area contributed by atoms with Crippen LogP contribution in [0.4, 0.5) is 27.8 Å². The van der Waals surface area contributed by atoms with Crippen molar-refractivity contribution in [2.75, 3.05) is 36.4 Å². The van der Waals surface area contributed by atoms with Gasteiger partial charge in [0.05, 0.1) is 38.0 Å². The minimum absolute atomic E-state index is 0.101. The maximum Gasteiger partial charge on any atom is 0.513 e. The summed E-state index contributed by atoms with van der Waals surface area (Å²) in [5.41, 5.74) is 1.78. The summed E-state index contributed by atoms with van der Waals surface area (Å²) in [6.07, 6.45) is 7.51. The summed E-state index contributed by atoms with van der Waals surface area (Å²) in [7, 11) is 4.53. The van der Waals surface area contributed by atoms with Gasteiger partial charge in [0.2, 0.25) is 5.91 Å². The van der Waals surface area contributed by atoms with Crippen LogP contribution >= 0.6 is 0 Å². The van der Waals surface area contributed by atoms with Gasteiger partial charge >= 0.3 is 6.16 Å². The highest BCUT2D eigenvalue weighted by atomic mass is 16.7. The quantitative estimate of drug-likeness (QED) is 0.650. The molecular formula is C23H29N5O5. The van der Waals surface area contributed by atoms with Gasteiger partial charge in [0.15, 0.2) is 17.3 Å². The van der Waals surface area contributed by atoms with Crippen LogP contribution in [0.5, 0.6) is 11.5 Å². The first-order valence-corrected chi connectivity index (χ1v) is 11.1. The molecule has 0 aromatic carbocycles. The Morgan fingerprint density at radius 2 is 1.91 bits per heavy atom. The molecular weight excluding hydrogens is 426 g/mol. The minimum atomic E-state index is -0.841. The van der Waals surface area contributed by atoms with Gasteiger partial charge in [-0.3, -0.25) is 4.79 Å². The van der Waals surface area contributed by atoms with Gasteiger partial charge in [0, 0.05) is 25.2 Å². The lowest BCUT2D eigenvalue weighted by atomic mass is 10.0. The molecule has 0 bridgehead atoms. The Balaban J connectivity index is 1.67. The molecule has 1 fully saturated rings. The first-order valence-electron chi connectivity index (χ1n) is 11.1. The van der Waals surface area contributed by atoms with Crippen LogP contribution < -0.4 is 24.6 Å². The molecule has 1 saturated carbocycles. The van der Waals surface area contributed by atoms with Crippen molar-refractivity contribution in [1.82, 2.24) is 9.97 Å². The normalized spacial score (nSPS) is 18.2. The molecule has 33 heavy (non-hydrogen) atoms. The number of carbonyl (C=O) groups excluding carboxylic acids is 2. The van der Waals surface area contributed by atoms with Crippen LogP contribution in [0.1, 0.15) is 39.0 Å². The van der Waals surface area contributed by atoms with Crippen LogP contribution in [0.2, 0.25) is 0 Å².